The number of hydrogen-bond donors (Lipinski definition) is 2. The van der Waals surface area contributed by atoms with Gasteiger partial charge in [-0.3, -0.25) is 4.79 Å². The molecule has 2 aromatic heterocycles. The molecule has 0 spiro atoms. The van der Waals surface area contributed by atoms with Crippen LogP contribution in [0.25, 0.3) is 0 Å². The van der Waals surface area contributed by atoms with Gasteiger partial charge in [0.2, 0.25) is 0 Å². The molecule has 1 atom stereocenters. The molecular formula is C14H19N5O. The minimum Gasteiger partial charge on any atom is -0.373 e. The molecule has 1 unspecified atom stereocenters. The molecule has 20 heavy (non-hydrogen) atoms. The summed E-state index contributed by atoms with van der Waals surface area (Å²) in [6.45, 7) is 4.52. The van der Waals surface area contributed by atoms with Gasteiger partial charge in [0.1, 0.15) is 5.82 Å². The topological polar surface area (TPSA) is 71.8 Å². The highest BCUT2D eigenvalue weighted by Gasteiger charge is 2.11. The van der Waals surface area contributed by atoms with Crippen molar-refractivity contribution < 1.29 is 4.79 Å². The standard InChI is InChI=1S/C14H19N5O/c1-10-6-12(7-13(15-3)17-10)14(20)18-11(2)8-19-5-4-16-9-19/h4-7,9,11H,8H2,1-3H3,(H,15,17)(H,18,20). The van der Waals surface area contributed by atoms with E-state index in [9.17, 15) is 4.79 Å². The zero-order valence-corrected chi connectivity index (χ0v) is 11.9. The van der Waals surface area contributed by atoms with Crippen LogP contribution < -0.4 is 10.6 Å². The maximum Gasteiger partial charge on any atom is 0.251 e. The van der Waals surface area contributed by atoms with Crippen molar-refractivity contribution in [3.63, 3.8) is 0 Å². The molecule has 0 aliphatic rings. The average Bonchev–Trinajstić information content (AvgIpc) is 2.90. The van der Waals surface area contributed by atoms with Gasteiger partial charge in [-0.15, -0.1) is 0 Å². The molecule has 0 fully saturated rings. The first-order valence-electron chi connectivity index (χ1n) is 6.51. The molecule has 2 rings (SSSR count). The van der Waals surface area contributed by atoms with Gasteiger partial charge >= 0.3 is 0 Å². The third-order valence-corrected chi connectivity index (χ3v) is 2.89. The fourth-order valence-electron chi connectivity index (χ4n) is 1.99. The number of carbonyl (C=O) groups is 1. The van der Waals surface area contributed by atoms with E-state index in [0.717, 1.165) is 5.69 Å². The number of aromatic nitrogens is 3. The first kappa shape index (κ1) is 14.0. The molecule has 2 heterocycles. The second kappa shape index (κ2) is 6.18. The van der Waals surface area contributed by atoms with Crippen LogP contribution in [0.4, 0.5) is 5.82 Å². The summed E-state index contributed by atoms with van der Waals surface area (Å²) in [5, 5.41) is 5.92. The van der Waals surface area contributed by atoms with Crippen LogP contribution in [0.2, 0.25) is 0 Å². The number of hydrogen-bond acceptors (Lipinski definition) is 4. The van der Waals surface area contributed by atoms with Crippen molar-refractivity contribution in [2.75, 3.05) is 12.4 Å². The molecule has 0 aliphatic heterocycles. The second-order valence-electron chi connectivity index (χ2n) is 4.77. The third kappa shape index (κ3) is 3.57. The van der Waals surface area contributed by atoms with Crippen LogP contribution in [0.15, 0.2) is 30.9 Å². The van der Waals surface area contributed by atoms with Crippen molar-refractivity contribution in [3.05, 3.63) is 42.1 Å². The van der Waals surface area contributed by atoms with Crippen LogP contribution in [-0.4, -0.2) is 33.5 Å². The van der Waals surface area contributed by atoms with Crippen molar-refractivity contribution in [1.82, 2.24) is 19.9 Å². The van der Waals surface area contributed by atoms with Crippen LogP contribution in [0.5, 0.6) is 0 Å². The van der Waals surface area contributed by atoms with E-state index in [1.807, 2.05) is 24.6 Å². The number of nitrogens with zero attached hydrogens (tertiary/aromatic N) is 3. The molecule has 0 radical (unpaired) electrons. The van der Waals surface area contributed by atoms with Crippen molar-refractivity contribution >= 4 is 11.7 Å². The highest BCUT2D eigenvalue weighted by atomic mass is 16.1. The molecule has 6 nitrogen and oxygen atoms in total. The Bertz CT molecular complexity index is 579. The zero-order valence-electron chi connectivity index (χ0n) is 11.9. The van der Waals surface area contributed by atoms with Gasteiger partial charge in [0.05, 0.1) is 6.33 Å². The summed E-state index contributed by atoms with van der Waals surface area (Å²) in [6.07, 6.45) is 5.33. The van der Waals surface area contributed by atoms with Crippen molar-refractivity contribution in [2.45, 2.75) is 26.4 Å². The van der Waals surface area contributed by atoms with Crippen LogP contribution >= 0.6 is 0 Å². The van der Waals surface area contributed by atoms with Crippen molar-refractivity contribution in [3.8, 4) is 0 Å². The van der Waals surface area contributed by atoms with Gasteiger partial charge in [-0.05, 0) is 26.0 Å². The smallest absolute Gasteiger partial charge is 0.251 e. The highest BCUT2D eigenvalue weighted by molar-refractivity contribution is 5.95. The quantitative estimate of drug-likeness (QED) is 0.865. The third-order valence-electron chi connectivity index (χ3n) is 2.89. The minimum atomic E-state index is -0.0976. The van der Waals surface area contributed by atoms with E-state index in [0.29, 0.717) is 17.9 Å². The number of carbonyl (C=O) groups excluding carboxylic acids is 1. The lowest BCUT2D eigenvalue weighted by Crippen LogP contribution is -2.35. The maximum absolute atomic E-state index is 12.2. The Balaban J connectivity index is 2.02. The molecule has 2 N–H and O–H groups in total. The van der Waals surface area contributed by atoms with Crippen molar-refractivity contribution in [1.29, 1.82) is 0 Å². The van der Waals surface area contributed by atoms with Crippen LogP contribution in [-0.2, 0) is 6.54 Å². The summed E-state index contributed by atoms with van der Waals surface area (Å²) >= 11 is 0. The van der Waals surface area contributed by atoms with Gasteiger partial charge in [0.15, 0.2) is 0 Å². The first-order valence-corrected chi connectivity index (χ1v) is 6.51. The molecule has 0 aliphatic carbocycles. The predicted molar refractivity (Wildman–Crippen MR) is 77.7 cm³/mol. The predicted octanol–water partition coefficient (Wildman–Crippen LogP) is 1.45. The van der Waals surface area contributed by atoms with E-state index in [4.69, 9.17) is 0 Å². The van der Waals surface area contributed by atoms with E-state index in [2.05, 4.69) is 20.6 Å². The molecule has 0 saturated carbocycles. The number of rotatable bonds is 5. The SMILES string of the molecule is CNc1cc(C(=O)NC(C)Cn2ccnc2)cc(C)n1. The summed E-state index contributed by atoms with van der Waals surface area (Å²) in [5.41, 5.74) is 1.42. The average molecular weight is 273 g/mol. The summed E-state index contributed by atoms with van der Waals surface area (Å²) in [7, 11) is 1.78. The van der Waals surface area contributed by atoms with Gasteiger partial charge < -0.3 is 15.2 Å². The Kier molecular flexibility index (Phi) is 4.34. The van der Waals surface area contributed by atoms with Crippen LogP contribution in [0, 0.1) is 6.92 Å². The molecule has 106 valence electrons. The number of aryl methyl sites for hydroxylation is 1. The molecular weight excluding hydrogens is 254 g/mol. The molecule has 6 heteroatoms. The van der Waals surface area contributed by atoms with E-state index in [1.165, 1.54) is 0 Å². The fourth-order valence-corrected chi connectivity index (χ4v) is 1.99. The van der Waals surface area contributed by atoms with Crippen LogP contribution in [0.3, 0.4) is 0 Å². The Morgan fingerprint density at radius 1 is 1.45 bits per heavy atom. The van der Waals surface area contributed by atoms with E-state index >= 15 is 0 Å². The van der Waals surface area contributed by atoms with Gasteiger partial charge in [-0.1, -0.05) is 0 Å². The largest absolute Gasteiger partial charge is 0.373 e. The zero-order chi connectivity index (χ0) is 14.5. The summed E-state index contributed by atoms with van der Waals surface area (Å²) in [6, 6.07) is 3.54. The first-order chi connectivity index (χ1) is 9.58. The second-order valence-corrected chi connectivity index (χ2v) is 4.77. The molecule has 1 amide bonds. The lowest BCUT2D eigenvalue weighted by atomic mass is 10.2. The molecule has 0 aromatic carbocycles. The molecule has 0 bridgehead atoms. The Morgan fingerprint density at radius 3 is 2.90 bits per heavy atom. The Morgan fingerprint density at radius 2 is 2.25 bits per heavy atom. The normalized spacial score (nSPS) is 11.9. The van der Waals surface area contributed by atoms with E-state index < -0.39 is 0 Å². The Hall–Kier alpha value is -2.37. The molecule has 0 saturated heterocycles. The highest BCUT2D eigenvalue weighted by Crippen LogP contribution is 2.09. The summed E-state index contributed by atoms with van der Waals surface area (Å²) in [4.78, 5) is 20.5. The summed E-state index contributed by atoms with van der Waals surface area (Å²) in [5.74, 6) is 0.594. The van der Waals surface area contributed by atoms with Gasteiger partial charge in [0.25, 0.3) is 5.91 Å². The van der Waals surface area contributed by atoms with Gasteiger partial charge in [-0.2, -0.15) is 0 Å². The number of pyridine rings is 1. The number of amides is 1. The number of imidazole rings is 1. The van der Waals surface area contributed by atoms with Gasteiger partial charge in [0, 0.05) is 43.3 Å². The maximum atomic E-state index is 12.2. The van der Waals surface area contributed by atoms with Crippen LogP contribution in [0.1, 0.15) is 23.0 Å². The van der Waals surface area contributed by atoms with E-state index in [-0.39, 0.29) is 11.9 Å². The lowest BCUT2D eigenvalue weighted by Gasteiger charge is -2.15. The fraction of sp³-hybridized carbons (Fsp3) is 0.357. The number of anilines is 1. The number of nitrogens with one attached hydrogen (secondary N) is 2. The lowest BCUT2D eigenvalue weighted by molar-refractivity contribution is 0.0936. The van der Waals surface area contributed by atoms with Crippen molar-refractivity contribution in [2.24, 2.45) is 0 Å². The van der Waals surface area contributed by atoms with E-state index in [1.54, 1.807) is 31.7 Å². The Labute approximate surface area is 118 Å². The monoisotopic (exact) mass is 273 g/mol. The van der Waals surface area contributed by atoms with Gasteiger partial charge in [-0.25, -0.2) is 9.97 Å². The minimum absolute atomic E-state index is 0.0169. The molecule has 2 aromatic rings. The summed E-state index contributed by atoms with van der Waals surface area (Å²) < 4.78 is 1.93.